The first-order valence-electron chi connectivity index (χ1n) is 6.78. The van der Waals surface area contributed by atoms with E-state index in [0.29, 0.717) is 12.0 Å². The topological polar surface area (TPSA) is 12.0 Å². The van der Waals surface area contributed by atoms with Crippen molar-refractivity contribution in [1.82, 2.24) is 5.32 Å². The van der Waals surface area contributed by atoms with Crippen LogP contribution in [0.2, 0.25) is 5.02 Å². The Morgan fingerprint density at radius 3 is 2.56 bits per heavy atom. The number of rotatable bonds is 7. The lowest BCUT2D eigenvalue weighted by Gasteiger charge is -2.26. The first-order chi connectivity index (χ1) is 8.60. The number of hydrogen-bond donors (Lipinski definition) is 1. The summed E-state index contributed by atoms with van der Waals surface area (Å²) in [5, 5.41) is 4.50. The molecule has 1 rings (SSSR count). The molecule has 0 bridgehead atoms. The van der Waals surface area contributed by atoms with E-state index in [1.807, 2.05) is 6.07 Å². The van der Waals surface area contributed by atoms with E-state index in [2.05, 4.69) is 54.2 Å². The van der Waals surface area contributed by atoms with Crippen LogP contribution in [0.5, 0.6) is 0 Å². The number of nitrogens with one attached hydrogen (secondary N) is 1. The lowest BCUT2D eigenvalue weighted by atomic mass is 9.90. The minimum absolute atomic E-state index is 0.442. The fraction of sp³-hybridized carbons (Fsp3) is 0.600. The molecule has 1 aromatic carbocycles. The molecule has 1 aromatic rings. The second-order valence-electron chi connectivity index (χ2n) is 4.80. The van der Waals surface area contributed by atoms with Gasteiger partial charge in [0.05, 0.1) is 0 Å². The molecule has 0 spiro atoms. The highest BCUT2D eigenvalue weighted by Gasteiger charge is 2.19. The molecule has 3 heteroatoms. The molecule has 0 aliphatic heterocycles. The lowest BCUT2D eigenvalue weighted by Crippen LogP contribution is -2.34. The predicted octanol–water partition coefficient (Wildman–Crippen LogP) is 5.37. The van der Waals surface area contributed by atoms with Crippen LogP contribution in [0.3, 0.4) is 0 Å². The van der Waals surface area contributed by atoms with Crippen LogP contribution in [0.25, 0.3) is 0 Å². The SMILES string of the molecule is CCCNC(CCC)C(C)c1ccc(Br)cc1Cl. The fourth-order valence-electron chi connectivity index (χ4n) is 2.26. The van der Waals surface area contributed by atoms with Gasteiger partial charge in [0, 0.05) is 15.5 Å². The van der Waals surface area contributed by atoms with Gasteiger partial charge in [-0.2, -0.15) is 0 Å². The molecule has 102 valence electrons. The van der Waals surface area contributed by atoms with Crippen molar-refractivity contribution in [3.8, 4) is 0 Å². The number of halogens is 2. The molecular weight excluding hydrogens is 310 g/mol. The summed E-state index contributed by atoms with van der Waals surface area (Å²) < 4.78 is 1.04. The largest absolute Gasteiger partial charge is 0.313 e. The van der Waals surface area contributed by atoms with Gasteiger partial charge in [-0.05, 0) is 43.0 Å². The molecule has 0 aromatic heterocycles. The maximum Gasteiger partial charge on any atom is 0.0452 e. The first-order valence-corrected chi connectivity index (χ1v) is 7.95. The van der Waals surface area contributed by atoms with Gasteiger partial charge < -0.3 is 5.32 Å². The van der Waals surface area contributed by atoms with Crippen LogP contribution >= 0.6 is 27.5 Å². The summed E-state index contributed by atoms with van der Waals surface area (Å²) in [6.45, 7) is 7.77. The van der Waals surface area contributed by atoms with Crippen molar-refractivity contribution in [2.75, 3.05) is 6.54 Å². The third-order valence-corrected chi connectivity index (χ3v) is 4.13. The van der Waals surface area contributed by atoms with Gasteiger partial charge in [-0.1, -0.05) is 60.8 Å². The third-order valence-electron chi connectivity index (χ3n) is 3.31. The second kappa shape index (κ2) is 8.19. The molecule has 0 aliphatic rings. The highest BCUT2D eigenvalue weighted by atomic mass is 79.9. The summed E-state index contributed by atoms with van der Waals surface area (Å²) >= 11 is 9.80. The van der Waals surface area contributed by atoms with E-state index in [1.54, 1.807) is 0 Å². The summed E-state index contributed by atoms with van der Waals surface area (Å²) in [5.74, 6) is 0.442. The van der Waals surface area contributed by atoms with E-state index < -0.39 is 0 Å². The molecular formula is C15H23BrClN. The van der Waals surface area contributed by atoms with Crippen LogP contribution in [-0.4, -0.2) is 12.6 Å². The van der Waals surface area contributed by atoms with Gasteiger partial charge in [0.1, 0.15) is 0 Å². The van der Waals surface area contributed by atoms with Crippen LogP contribution < -0.4 is 5.32 Å². The Morgan fingerprint density at radius 2 is 2.00 bits per heavy atom. The highest BCUT2D eigenvalue weighted by molar-refractivity contribution is 9.10. The standard InChI is InChI=1S/C15H23BrClN/c1-4-6-15(18-9-5-2)11(3)13-8-7-12(16)10-14(13)17/h7-8,10-11,15,18H,4-6,9H2,1-3H3. The monoisotopic (exact) mass is 331 g/mol. The Bertz CT molecular complexity index is 368. The van der Waals surface area contributed by atoms with E-state index in [9.17, 15) is 0 Å². The van der Waals surface area contributed by atoms with Crippen LogP contribution in [0.4, 0.5) is 0 Å². The van der Waals surface area contributed by atoms with Crippen molar-refractivity contribution in [3.63, 3.8) is 0 Å². The zero-order valence-electron chi connectivity index (χ0n) is 11.5. The maximum absolute atomic E-state index is 6.34. The molecule has 0 fully saturated rings. The smallest absolute Gasteiger partial charge is 0.0452 e. The summed E-state index contributed by atoms with van der Waals surface area (Å²) in [4.78, 5) is 0. The van der Waals surface area contributed by atoms with E-state index >= 15 is 0 Å². The molecule has 0 saturated heterocycles. The molecule has 1 nitrogen and oxygen atoms in total. The molecule has 0 radical (unpaired) electrons. The van der Waals surface area contributed by atoms with E-state index in [1.165, 1.54) is 24.8 Å². The Labute approximate surface area is 124 Å². The third kappa shape index (κ3) is 4.56. The maximum atomic E-state index is 6.34. The van der Waals surface area contributed by atoms with Gasteiger partial charge in [0.25, 0.3) is 0 Å². The molecule has 0 aliphatic carbocycles. The highest BCUT2D eigenvalue weighted by Crippen LogP contribution is 2.30. The quantitative estimate of drug-likeness (QED) is 0.707. The Kier molecular flexibility index (Phi) is 7.28. The minimum Gasteiger partial charge on any atom is -0.313 e. The normalized spacial score (nSPS) is 14.5. The van der Waals surface area contributed by atoms with Crippen LogP contribution in [0.15, 0.2) is 22.7 Å². The van der Waals surface area contributed by atoms with Gasteiger partial charge in [0.15, 0.2) is 0 Å². The lowest BCUT2D eigenvalue weighted by molar-refractivity contribution is 0.421. The fourth-order valence-corrected chi connectivity index (χ4v) is 3.10. The average Bonchev–Trinajstić information content (AvgIpc) is 2.33. The van der Waals surface area contributed by atoms with Crippen molar-refractivity contribution in [2.24, 2.45) is 0 Å². The molecule has 0 saturated carbocycles. The van der Waals surface area contributed by atoms with Gasteiger partial charge in [-0.25, -0.2) is 0 Å². The van der Waals surface area contributed by atoms with Crippen LogP contribution in [0, 0.1) is 0 Å². The van der Waals surface area contributed by atoms with Crippen LogP contribution in [-0.2, 0) is 0 Å². The molecule has 1 N–H and O–H groups in total. The van der Waals surface area contributed by atoms with Crippen molar-refractivity contribution >= 4 is 27.5 Å². The van der Waals surface area contributed by atoms with Crippen molar-refractivity contribution < 1.29 is 0 Å². The van der Waals surface area contributed by atoms with E-state index in [4.69, 9.17) is 11.6 Å². The van der Waals surface area contributed by atoms with Gasteiger partial charge >= 0.3 is 0 Å². The van der Waals surface area contributed by atoms with Gasteiger partial charge in [-0.15, -0.1) is 0 Å². The Morgan fingerprint density at radius 1 is 1.28 bits per heavy atom. The molecule has 2 atom stereocenters. The van der Waals surface area contributed by atoms with E-state index in [0.717, 1.165) is 16.0 Å². The molecule has 18 heavy (non-hydrogen) atoms. The van der Waals surface area contributed by atoms with Gasteiger partial charge in [-0.3, -0.25) is 0 Å². The Hall–Kier alpha value is -0.0500. The first kappa shape index (κ1) is 16.0. The van der Waals surface area contributed by atoms with E-state index in [-0.39, 0.29) is 0 Å². The number of hydrogen-bond acceptors (Lipinski definition) is 1. The zero-order chi connectivity index (χ0) is 13.5. The summed E-state index contributed by atoms with van der Waals surface area (Å²) in [7, 11) is 0. The molecule has 2 unspecified atom stereocenters. The zero-order valence-corrected chi connectivity index (χ0v) is 13.8. The average molecular weight is 333 g/mol. The summed E-state index contributed by atoms with van der Waals surface area (Å²) in [5.41, 5.74) is 1.24. The Balaban J connectivity index is 2.83. The molecule has 0 heterocycles. The van der Waals surface area contributed by atoms with Crippen molar-refractivity contribution in [1.29, 1.82) is 0 Å². The van der Waals surface area contributed by atoms with Crippen molar-refractivity contribution in [2.45, 2.75) is 52.0 Å². The summed E-state index contributed by atoms with van der Waals surface area (Å²) in [6, 6.07) is 6.69. The van der Waals surface area contributed by atoms with Crippen molar-refractivity contribution in [3.05, 3.63) is 33.3 Å². The second-order valence-corrected chi connectivity index (χ2v) is 6.13. The van der Waals surface area contributed by atoms with Gasteiger partial charge in [0.2, 0.25) is 0 Å². The van der Waals surface area contributed by atoms with Crippen LogP contribution in [0.1, 0.15) is 51.5 Å². The predicted molar refractivity (Wildman–Crippen MR) is 84.6 cm³/mol. The molecule has 0 amide bonds. The summed E-state index contributed by atoms with van der Waals surface area (Å²) in [6.07, 6.45) is 3.55. The number of benzene rings is 1. The minimum atomic E-state index is 0.442.